The van der Waals surface area contributed by atoms with Crippen molar-refractivity contribution in [1.82, 2.24) is 50.8 Å². The van der Waals surface area contributed by atoms with Crippen molar-refractivity contribution in [3.63, 3.8) is 0 Å². The molecular weight excluding hydrogens is 1070 g/mol. The molecule has 16 heteroatoms. The summed E-state index contributed by atoms with van der Waals surface area (Å²) in [6, 6.07) is 50.7. The van der Waals surface area contributed by atoms with Crippen LogP contribution in [0.2, 0.25) is 0 Å². The van der Waals surface area contributed by atoms with Crippen molar-refractivity contribution in [3.05, 3.63) is 146 Å². The zero-order chi connectivity index (χ0) is 59.7. The van der Waals surface area contributed by atoms with E-state index in [4.69, 9.17) is 9.97 Å². The maximum absolute atomic E-state index is 12.5. The van der Waals surface area contributed by atoms with E-state index in [0.29, 0.717) is 26.2 Å². The number of nitrogens with one attached hydrogen (secondary N) is 6. The van der Waals surface area contributed by atoms with Crippen LogP contribution in [0.25, 0.3) is 65.9 Å². The van der Waals surface area contributed by atoms with Crippen LogP contribution in [0.3, 0.4) is 0 Å². The van der Waals surface area contributed by atoms with Crippen LogP contribution in [0.4, 0.5) is 11.4 Å². The molecule has 0 bridgehead atoms. The summed E-state index contributed by atoms with van der Waals surface area (Å²) in [5.74, 6) is -0.362. The summed E-state index contributed by atoms with van der Waals surface area (Å²) >= 11 is 0. The fourth-order valence-electron chi connectivity index (χ4n) is 11.3. The molecule has 1 aliphatic rings. The molecule has 0 saturated carbocycles. The molecule has 6 N–H and O–H groups in total. The Morgan fingerprint density at radius 2 is 0.733 bits per heavy atom. The van der Waals surface area contributed by atoms with E-state index in [1.54, 1.807) is 0 Å². The number of benzene rings is 6. The number of aromatic nitrogens is 2. The molecule has 9 rings (SSSR count). The molecule has 0 spiro atoms. The number of carbonyl (C=O) groups excluding carboxylic acids is 4. The Morgan fingerprint density at radius 3 is 1.13 bits per heavy atom. The van der Waals surface area contributed by atoms with Crippen LogP contribution in [-0.4, -0.2) is 172 Å². The minimum absolute atomic E-state index is 0.0896. The predicted molar refractivity (Wildman–Crippen MR) is 352 cm³/mol. The van der Waals surface area contributed by atoms with E-state index >= 15 is 0 Å². The normalized spacial score (nSPS) is 13.0. The van der Waals surface area contributed by atoms with Crippen LogP contribution >= 0.6 is 0 Å². The Kier molecular flexibility index (Phi) is 24.0. The maximum Gasteiger partial charge on any atom is 0.220 e. The van der Waals surface area contributed by atoms with E-state index in [9.17, 15) is 19.2 Å². The Morgan fingerprint density at radius 1 is 0.395 bits per heavy atom. The number of hydrogen-bond donors (Lipinski definition) is 6. The molecule has 8 aromatic rings. The van der Waals surface area contributed by atoms with Gasteiger partial charge in [-0.25, -0.2) is 9.97 Å². The highest BCUT2D eigenvalue weighted by atomic mass is 16.2. The predicted octanol–water partition coefficient (Wildman–Crippen LogP) is 9.79. The minimum atomic E-state index is -0.0914. The molecule has 86 heavy (non-hydrogen) atoms. The van der Waals surface area contributed by atoms with Gasteiger partial charge in [-0.05, 0) is 150 Å². The number of pyridine rings is 2. The maximum atomic E-state index is 12.5. The molecule has 16 nitrogen and oxygen atoms in total. The van der Waals surface area contributed by atoms with Gasteiger partial charge in [-0.3, -0.25) is 19.2 Å². The number of fused-ring (bicyclic) bond motifs is 4. The molecule has 3 heterocycles. The van der Waals surface area contributed by atoms with Crippen molar-refractivity contribution < 1.29 is 19.2 Å². The zero-order valence-electron chi connectivity index (χ0n) is 50.6. The lowest BCUT2D eigenvalue weighted by atomic mass is 10.0. The van der Waals surface area contributed by atoms with Gasteiger partial charge in [-0.15, -0.1) is 0 Å². The Labute approximate surface area is 507 Å². The van der Waals surface area contributed by atoms with Gasteiger partial charge in [0.1, 0.15) is 0 Å². The average molecular weight is 1160 g/mol. The van der Waals surface area contributed by atoms with E-state index in [1.165, 1.54) is 21.5 Å². The van der Waals surface area contributed by atoms with Gasteiger partial charge in [0.15, 0.2) is 0 Å². The number of carbonyl (C=O) groups is 4. The van der Waals surface area contributed by atoms with Crippen molar-refractivity contribution in [3.8, 4) is 22.5 Å². The molecule has 2 aromatic heterocycles. The number of para-hydroxylation sites is 2. The number of rotatable bonds is 34. The van der Waals surface area contributed by atoms with Gasteiger partial charge in [-0.2, -0.15) is 0 Å². The largest absolute Gasteiger partial charge is 0.384 e. The van der Waals surface area contributed by atoms with E-state index in [2.05, 4.69) is 199 Å². The standard InChI is InChI=1S/C70H88N12O4/c1-79(39-11-33-71-65-51-63(77-61-23-9-7-21-59(61)65)57-27-25-53-17-3-5-19-55(53)49-57)41-13-35-73-67(83)29-31-69(85)75-37-15-43-81-45-47-82(48-46-81)44-16-38-76-70(86)32-30-68(84)74-36-14-42-80(2)40-12-34-72-66-52-64(78-62-24-10-8-22-60(62)66)58-28-26-54-18-4-6-20-56(54)50-58/h3-10,17-28,49-52H,11-16,29-48H2,1-2H3,(H,71,77)(H,72,78)(H,73,83)(H,74,84)(H,75,85)(H,76,86). The van der Waals surface area contributed by atoms with Gasteiger partial charge < -0.3 is 51.5 Å². The molecule has 0 atom stereocenters. The number of anilines is 2. The lowest BCUT2D eigenvalue weighted by Gasteiger charge is -2.34. The van der Waals surface area contributed by atoms with Gasteiger partial charge in [0.25, 0.3) is 0 Å². The van der Waals surface area contributed by atoms with Gasteiger partial charge >= 0.3 is 0 Å². The van der Waals surface area contributed by atoms with Crippen molar-refractivity contribution in [2.45, 2.75) is 64.2 Å². The lowest BCUT2D eigenvalue weighted by Crippen LogP contribution is -2.47. The van der Waals surface area contributed by atoms with Crippen LogP contribution in [0.15, 0.2) is 146 Å². The number of nitrogens with zero attached hydrogens (tertiary/aromatic N) is 6. The highest BCUT2D eigenvalue weighted by molar-refractivity contribution is 5.96. The quantitative estimate of drug-likeness (QED) is 0.0211. The van der Waals surface area contributed by atoms with Crippen LogP contribution in [0.1, 0.15) is 64.2 Å². The number of hydrogen-bond acceptors (Lipinski definition) is 12. The fourth-order valence-corrected chi connectivity index (χ4v) is 11.3. The Balaban J connectivity index is 0.531. The molecule has 0 unspecified atom stereocenters. The SMILES string of the molecule is CN(CCCNC(=O)CCC(=O)NCCCN1CCN(CCCNC(=O)CCC(=O)NCCCN(C)CCCNc2cc(-c3ccc4ccccc4c3)nc3ccccc23)CC1)CCCNc1cc(-c2ccc3ccccc3c2)nc2ccccc12. The van der Waals surface area contributed by atoms with Crippen LogP contribution in [0.5, 0.6) is 0 Å². The minimum Gasteiger partial charge on any atom is -0.384 e. The molecule has 6 aromatic carbocycles. The van der Waals surface area contributed by atoms with Gasteiger partial charge in [0.05, 0.1) is 22.4 Å². The second-order valence-corrected chi connectivity index (χ2v) is 22.9. The summed E-state index contributed by atoms with van der Waals surface area (Å²) in [6.07, 6.45) is 6.08. The van der Waals surface area contributed by atoms with E-state index in [1.807, 2.05) is 12.1 Å². The average Bonchev–Trinajstić information content (AvgIpc) is 3.66. The summed E-state index contributed by atoms with van der Waals surface area (Å²) in [7, 11) is 4.23. The monoisotopic (exact) mass is 1160 g/mol. The third-order valence-corrected chi connectivity index (χ3v) is 16.2. The second kappa shape index (κ2) is 33.0. The Hall–Kier alpha value is -8.02. The first-order valence-electron chi connectivity index (χ1n) is 31.2. The van der Waals surface area contributed by atoms with Crippen molar-refractivity contribution in [1.29, 1.82) is 0 Å². The van der Waals surface area contributed by atoms with Crippen molar-refractivity contribution in [2.24, 2.45) is 0 Å². The summed E-state index contributed by atoms with van der Waals surface area (Å²) in [5, 5.41) is 26.4. The summed E-state index contributed by atoms with van der Waals surface area (Å²) in [5.41, 5.74) is 8.21. The van der Waals surface area contributed by atoms with E-state index < -0.39 is 0 Å². The molecule has 1 aliphatic heterocycles. The van der Waals surface area contributed by atoms with E-state index in [0.717, 1.165) is 173 Å². The van der Waals surface area contributed by atoms with Gasteiger partial charge in [-0.1, -0.05) is 109 Å². The molecule has 1 fully saturated rings. The second-order valence-electron chi connectivity index (χ2n) is 22.9. The first-order valence-corrected chi connectivity index (χ1v) is 31.2. The van der Waals surface area contributed by atoms with Crippen LogP contribution in [-0.2, 0) is 19.2 Å². The summed E-state index contributed by atoms with van der Waals surface area (Å²) < 4.78 is 0. The summed E-state index contributed by atoms with van der Waals surface area (Å²) in [4.78, 5) is 69.5. The fraction of sp³-hybridized carbons (Fsp3) is 0.400. The Bertz CT molecular complexity index is 3270. The first-order chi connectivity index (χ1) is 42.1. The molecule has 4 amide bonds. The van der Waals surface area contributed by atoms with Crippen molar-refractivity contribution in [2.75, 3.05) is 129 Å². The number of amides is 4. The van der Waals surface area contributed by atoms with Gasteiger partial charge in [0.2, 0.25) is 23.6 Å². The molecule has 0 aliphatic carbocycles. The molecular formula is C70H88N12O4. The highest BCUT2D eigenvalue weighted by Crippen LogP contribution is 2.32. The molecule has 452 valence electrons. The van der Waals surface area contributed by atoms with E-state index in [-0.39, 0.29) is 49.3 Å². The number of piperazine rings is 1. The molecule has 1 saturated heterocycles. The zero-order valence-corrected chi connectivity index (χ0v) is 50.6. The van der Waals surface area contributed by atoms with Crippen molar-refractivity contribution >= 4 is 78.4 Å². The highest BCUT2D eigenvalue weighted by Gasteiger charge is 2.18. The topological polar surface area (TPSA) is 179 Å². The van der Waals surface area contributed by atoms with Crippen LogP contribution in [0, 0.1) is 0 Å². The van der Waals surface area contributed by atoms with Crippen LogP contribution < -0.4 is 31.9 Å². The first kappa shape index (κ1) is 62.5. The third-order valence-electron chi connectivity index (χ3n) is 16.2. The van der Waals surface area contributed by atoms with Gasteiger partial charge in [0, 0.05) is 124 Å². The molecule has 0 radical (unpaired) electrons. The smallest absolute Gasteiger partial charge is 0.220 e. The lowest BCUT2D eigenvalue weighted by molar-refractivity contribution is -0.126. The third kappa shape index (κ3) is 19.5. The summed E-state index contributed by atoms with van der Waals surface area (Å²) in [6.45, 7) is 13.3.